The Morgan fingerprint density at radius 3 is 2.35 bits per heavy atom. The van der Waals surface area contributed by atoms with Crippen LogP contribution < -0.4 is 10.1 Å². The van der Waals surface area contributed by atoms with Crippen LogP contribution in [0.15, 0.2) is 60.7 Å². The molecule has 1 saturated heterocycles. The molecule has 1 N–H and O–H groups in total. The second kappa shape index (κ2) is 10.7. The topological polar surface area (TPSA) is 101 Å². The Hall–Kier alpha value is -4.14. The number of hydrogen-bond acceptors (Lipinski definition) is 6. The van der Waals surface area contributed by atoms with Gasteiger partial charge in [0.1, 0.15) is 18.1 Å². The van der Waals surface area contributed by atoms with E-state index in [0.717, 1.165) is 10.9 Å². The van der Waals surface area contributed by atoms with Crippen molar-refractivity contribution in [3.05, 3.63) is 71.9 Å². The molecule has 0 atom stereocenters. The molecule has 0 aliphatic carbocycles. The van der Waals surface area contributed by atoms with Crippen molar-refractivity contribution in [2.45, 2.75) is 6.61 Å². The summed E-state index contributed by atoms with van der Waals surface area (Å²) in [5.41, 5.74) is 1.72. The minimum absolute atomic E-state index is 0.159. The number of carbonyl (C=O) groups excluding carboxylic acids is 3. The van der Waals surface area contributed by atoms with E-state index in [1.54, 1.807) is 21.9 Å². The van der Waals surface area contributed by atoms with Crippen LogP contribution in [0.3, 0.4) is 0 Å². The fourth-order valence-corrected chi connectivity index (χ4v) is 3.74. The van der Waals surface area contributed by atoms with Crippen molar-refractivity contribution < 1.29 is 23.9 Å². The van der Waals surface area contributed by atoms with Crippen molar-refractivity contribution in [1.29, 1.82) is 0 Å². The summed E-state index contributed by atoms with van der Waals surface area (Å²) in [6.07, 6.45) is -0.402. The molecule has 1 fully saturated rings. The maximum atomic E-state index is 12.6. The molecule has 0 radical (unpaired) electrons. The summed E-state index contributed by atoms with van der Waals surface area (Å²) in [7, 11) is 1.53. The van der Waals surface area contributed by atoms with E-state index in [1.807, 2.05) is 48.5 Å². The number of nitrogens with zero attached hydrogens (tertiary/aromatic N) is 3. The highest BCUT2D eigenvalue weighted by molar-refractivity contribution is 5.98. The van der Waals surface area contributed by atoms with Crippen LogP contribution in [0.5, 0.6) is 5.75 Å². The number of ether oxygens (including phenoxy) is 2. The quantitative estimate of drug-likeness (QED) is 0.604. The molecule has 2 aromatic carbocycles. The van der Waals surface area contributed by atoms with Gasteiger partial charge in [-0.15, -0.1) is 0 Å². The second-order valence-corrected chi connectivity index (χ2v) is 7.82. The number of rotatable bonds is 6. The van der Waals surface area contributed by atoms with E-state index >= 15 is 0 Å². The standard InChI is InChI=1S/C25H26N4O5/c1-33-22-15-21(27-20-10-6-5-9-19(20)22)24(31)26-16-23(30)28-11-13-29(14-12-28)25(32)34-17-18-7-3-2-4-8-18/h2-10,15H,11-14,16-17H2,1H3,(H,26,31). The maximum absolute atomic E-state index is 12.6. The van der Waals surface area contributed by atoms with Gasteiger partial charge in [0.05, 0.1) is 19.2 Å². The Balaban J connectivity index is 1.25. The predicted octanol–water partition coefficient (Wildman–Crippen LogP) is 2.45. The summed E-state index contributed by atoms with van der Waals surface area (Å²) in [4.78, 5) is 45.1. The number of para-hydroxylation sites is 1. The third kappa shape index (κ3) is 5.43. The number of carbonyl (C=O) groups is 3. The Morgan fingerprint density at radius 2 is 1.62 bits per heavy atom. The van der Waals surface area contributed by atoms with E-state index in [0.29, 0.717) is 37.4 Å². The van der Waals surface area contributed by atoms with Gasteiger partial charge < -0.3 is 24.6 Å². The highest BCUT2D eigenvalue weighted by atomic mass is 16.6. The number of nitrogens with one attached hydrogen (secondary N) is 1. The third-order valence-corrected chi connectivity index (χ3v) is 5.63. The largest absolute Gasteiger partial charge is 0.496 e. The molecule has 1 aliphatic rings. The van der Waals surface area contributed by atoms with Gasteiger partial charge in [-0.2, -0.15) is 0 Å². The Kier molecular flexibility index (Phi) is 7.22. The van der Waals surface area contributed by atoms with Gasteiger partial charge in [-0.25, -0.2) is 9.78 Å². The summed E-state index contributed by atoms with van der Waals surface area (Å²) in [5, 5.41) is 3.43. The van der Waals surface area contributed by atoms with E-state index in [9.17, 15) is 14.4 Å². The van der Waals surface area contributed by atoms with Gasteiger partial charge in [-0.3, -0.25) is 9.59 Å². The molecule has 4 rings (SSSR count). The molecule has 0 spiro atoms. The first kappa shape index (κ1) is 23.0. The zero-order valence-electron chi connectivity index (χ0n) is 18.9. The second-order valence-electron chi connectivity index (χ2n) is 7.82. The zero-order valence-corrected chi connectivity index (χ0v) is 18.9. The van der Waals surface area contributed by atoms with Gasteiger partial charge in [-0.05, 0) is 17.7 Å². The Labute approximate surface area is 197 Å². The molecular formula is C25H26N4O5. The summed E-state index contributed by atoms with van der Waals surface area (Å²) >= 11 is 0. The lowest BCUT2D eigenvalue weighted by molar-refractivity contribution is -0.131. The Bertz CT molecular complexity index is 1180. The number of pyridine rings is 1. The number of hydrogen-bond donors (Lipinski definition) is 1. The molecule has 34 heavy (non-hydrogen) atoms. The average Bonchev–Trinajstić information content (AvgIpc) is 2.90. The predicted molar refractivity (Wildman–Crippen MR) is 125 cm³/mol. The monoisotopic (exact) mass is 462 g/mol. The molecule has 0 saturated carbocycles. The number of aromatic nitrogens is 1. The maximum Gasteiger partial charge on any atom is 0.410 e. The van der Waals surface area contributed by atoms with Crippen molar-refractivity contribution in [3.63, 3.8) is 0 Å². The first-order valence-electron chi connectivity index (χ1n) is 11.0. The van der Waals surface area contributed by atoms with Crippen molar-refractivity contribution in [3.8, 4) is 5.75 Å². The lowest BCUT2D eigenvalue weighted by Gasteiger charge is -2.34. The molecule has 2 heterocycles. The molecule has 1 aliphatic heterocycles. The van der Waals surface area contributed by atoms with Crippen LogP contribution >= 0.6 is 0 Å². The van der Waals surface area contributed by atoms with E-state index in [2.05, 4.69) is 10.3 Å². The molecule has 9 nitrogen and oxygen atoms in total. The lowest BCUT2D eigenvalue weighted by Crippen LogP contribution is -2.52. The molecule has 9 heteroatoms. The van der Waals surface area contributed by atoms with Crippen molar-refractivity contribution in [1.82, 2.24) is 20.1 Å². The highest BCUT2D eigenvalue weighted by Crippen LogP contribution is 2.24. The average molecular weight is 463 g/mol. The number of amides is 3. The normalized spacial score (nSPS) is 13.4. The van der Waals surface area contributed by atoms with Gasteiger partial charge in [0.25, 0.3) is 5.91 Å². The van der Waals surface area contributed by atoms with Crippen LogP contribution in [0, 0.1) is 0 Å². The van der Waals surface area contributed by atoms with Crippen molar-refractivity contribution in [2.24, 2.45) is 0 Å². The molecule has 3 aromatic rings. The minimum atomic E-state index is -0.458. The van der Waals surface area contributed by atoms with Crippen LogP contribution in [0.25, 0.3) is 10.9 Å². The van der Waals surface area contributed by atoms with E-state index in [1.165, 1.54) is 7.11 Å². The van der Waals surface area contributed by atoms with Gasteiger partial charge in [0, 0.05) is 37.6 Å². The van der Waals surface area contributed by atoms with Gasteiger partial charge >= 0.3 is 6.09 Å². The minimum Gasteiger partial charge on any atom is -0.496 e. The number of benzene rings is 2. The number of fused-ring (bicyclic) bond motifs is 1. The van der Waals surface area contributed by atoms with Crippen LogP contribution in [0.4, 0.5) is 4.79 Å². The fraction of sp³-hybridized carbons (Fsp3) is 0.280. The highest BCUT2D eigenvalue weighted by Gasteiger charge is 2.25. The number of methoxy groups -OCH3 is 1. The molecule has 3 amide bonds. The number of piperazine rings is 1. The molecule has 176 valence electrons. The zero-order chi connectivity index (χ0) is 23.9. The van der Waals surface area contributed by atoms with E-state index in [-0.39, 0.29) is 24.8 Å². The van der Waals surface area contributed by atoms with Crippen LogP contribution in [-0.2, 0) is 16.1 Å². The fourth-order valence-electron chi connectivity index (χ4n) is 3.74. The van der Waals surface area contributed by atoms with E-state index < -0.39 is 12.0 Å². The van der Waals surface area contributed by atoms with E-state index in [4.69, 9.17) is 9.47 Å². The summed E-state index contributed by atoms with van der Waals surface area (Å²) in [6.45, 7) is 1.54. The van der Waals surface area contributed by atoms with Crippen molar-refractivity contribution >= 4 is 28.8 Å². The van der Waals surface area contributed by atoms with Crippen LogP contribution in [0.2, 0.25) is 0 Å². The van der Waals surface area contributed by atoms with Gasteiger partial charge in [0.2, 0.25) is 5.91 Å². The van der Waals surface area contributed by atoms with Crippen LogP contribution in [0.1, 0.15) is 16.1 Å². The molecule has 1 aromatic heterocycles. The first-order valence-corrected chi connectivity index (χ1v) is 11.0. The van der Waals surface area contributed by atoms with Gasteiger partial charge in [-0.1, -0.05) is 42.5 Å². The summed E-state index contributed by atoms with van der Waals surface area (Å²) in [6, 6.07) is 18.4. The smallest absolute Gasteiger partial charge is 0.410 e. The van der Waals surface area contributed by atoms with Crippen LogP contribution in [-0.4, -0.2) is 72.5 Å². The third-order valence-electron chi connectivity index (χ3n) is 5.63. The SMILES string of the molecule is COc1cc(C(=O)NCC(=O)N2CCN(C(=O)OCc3ccccc3)CC2)nc2ccccc12. The lowest BCUT2D eigenvalue weighted by atomic mass is 10.1. The molecule has 0 bridgehead atoms. The van der Waals surface area contributed by atoms with Crippen molar-refractivity contribution in [2.75, 3.05) is 39.8 Å². The summed E-state index contributed by atoms with van der Waals surface area (Å²) in [5.74, 6) is -0.142. The first-order chi connectivity index (χ1) is 16.5. The molecular weight excluding hydrogens is 436 g/mol. The molecule has 0 unspecified atom stereocenters. The van der Waals surface area contributed by atoms with Gasteiger partial charge in [0.15, 0.2) is 0 Å². The Morgan fingerprint density at radius 1 is 0.941 bits per heavy atom. The summed E-state index contributed by atoms with van der Waals surface area (Å²) < 4.78 is 10.7.